The number of aromatic amines is 1. The second kappa shape index (κ2) is 8.13. The maximum atomic E-state index is 13.3. The van der Waals surface area contributed by atoms with Crippen molar-refractivity contribution in [3.63, 3.8) is 0 Å². The topological polar surface area (TPSA) is 95.6 Å². The molecule has 1 aromatic carbocycles. The first kappa shape index (κ1) is 21.0. The lowest BCUT2D eigenvalue weighted by atomic mass is 10.0. The Labute approximate surface area is 176 Å². The first-order chi connectivity index (χ1) is 14.3. The van der Waals surface area contributed by atoms with Crippen LogP contribution in [0, 0.1) is 0 Å². The molecule has 1 fully saturated rings. The molecule has 0 radical (unpaired) electrons. The highest BCUT2D eigenvalue weighted by atomic mass is 32.2. The molecule has 2 aromatic rings. The van der Waals surface area contributed by atoms with Gasteiger partial charge in [-0.2, -0.15) is 4.31 Å². The first-order valence-electron chi connectivity index (χ1n) is 10.3. The van der Waals surface area contributed by atoms with Crippen molar-refractivity contribution >= 4 is 10.0 Å². The SMILES string of the molecule is COc1ccc(S(=O)(=O)N2CCC[C@@H]2c2nc3c(c(=O)[nH]2)CN(C(C)C)CC3)cc1. The van der Waals surface area contributed by atoms with Gasteiger partial charge in [0.15, 0.2) is 0 Å². The average Bonchev–Trinajstić information content (AvgIpc) is 3.24. The summed E-state index contributed by atoms with van der Waals surface area (Å²) in [6, 6.07) is 6.27. The minimum Gasteiger partial charge on any atom is -0.497 e. The molecule has 0 aliphatic carbocycles. The summed E-state index contributed by atoms with van der Waals surface area (Å²) in [4.78, 5) is 22.9. The van der Waals surface area contributed by atoms with Crippen LogP contribution in [-0.4, -0.2) is 53.8 Å². The molecule has 1 aromatic heterocycles. The molecule has 30 heavy (non-hydrogen) atoms. The zero-order valence-electron chi connectivity index (χ0n) is 17.6. The summed E-state index contributed by atoms with van der Waals surface area (Å²) >= 11 is 0. The Bertz CT molecular complexity index is 1080. The van der Waals surface area contributed by atoms with Gasteiger partial charge in [-0.25, -0.2) is 13.4 Å². The van der Waals surface area contributed by atoms with E-state index in [1.54, 1.807) is 31.4 Å². The van der Waals surface area contributed by atoms with E-state index < -0.39 is 16.1 Å². The molecule has 3 heterocycles. The average molecular weight is 433 g/mol. The molecule has 9 heteroatoms. The summed E-state index contributed by atoms with van der Waals surface area (Å²) in [6.45, 7) is 6.05. The van der Waals surface area contributed by atoms with Crippen molar-refractivity contribution in [2.75, 3.05) is 20.2 Å². The predicted molar refractivity (Wildman–Crippen MR) is 113 cm³/mol. The molecule has 1 saturated heterocycles. The number of ether oxygens (including phenoxy) is 1. The quantitative estimate of drug-likeness (QED) is 0.777. The smallest absolute Gasteiger partial charge is 0.255 e. The van der Waals surface area contributed by atoms with Gasteiger partial charge in [-0.1, -0.05) is 0 Å². The Morgan fingerprint density at radius 1 is 1.20 bits per heavy atom. The number of hydrogen-bond donors (Lipinski definition) is 1. The number of sulfonamides is 1. The predicted octanol–water partition coefficient (Wildman–Crippen LogP) is 2.07. The van der Waals surface area contributed by atoms with Gasteiger partial charge in [0.05, 0.1) is 29.3 Å². The lowest BCUT2D eigenvalue weighted by molar-refractivity contribution is 0.200. The van der Waals surface area contributed by atoms with Crippen LogP contribution in [0.15, 0.2) is 34.0 Å². The molecule has 2 aliphatic heterocycles. The van der Waals surface area contributed by atoms with Crippen molar-refractivity contribution in [1.82, 2.24) is 19.2 Å². The van der Waals surface area contributed by atoms with Crippen LogP contribution in [0.5, 0.6) is 5.75 Å². The Hall–Kier alpha value is -2.23. The molecule has 1 N–H and O–H groups in total. The van der Waals surface area contributed by atoms with Crippen molar-refractivity contribution in [2.45, 2.75) is 56.6 Å². The van der Waals surface area contributed by atoms with E-state index in [4.69, 9.17) is 9.72 Å². The summed E-state index contributed by atoms with van der Waals surface area (Å²) in [7, 11) is -2.17. The van der Waals surface area contributed by atoms with E-state index in [0.29, 0.717) is 49.1 Å². The van der Waals surface area contributed by atoms with E-state index in [0.717, 1.165) is 18.7 Å². The van der Waals surface area contributed by atoms with E-state index in [-0.39, 0.29) is 10.5 Å². The van der Waals surface area contributed by atoms with Crippen LogP contribution in [0.25, 0.3) is 0 Å². The molecule has 8 nitrogen and oxygen atoms in total. The zero-order chi connectivity index (χ0) is 21.5. The molecule has 0 saturated carbocycles. The van der Waals surface area contributed by atoms with Crippen LogP contribution in [0.4, 0.5) is 0 Å². The van der Waals surface area contributed by atoms with Gasteiger partial charge in [0.25, 0.3) is 5.56 Å². The molecule has 0 spiro atoms. The number of nitrogens with one attached hydrogen (secondary N) is 1. The van der Waals surface area contributed by atoms with Crippen LogP contribution in [0.2, 0.25) is 0 Å². The number of fused-ring (bicyclic) bond motifs is 1. The second-order valence-electron chi connectivity index (χ2n) is 8.14. The summed E-state index contributed by atoms with van der Waals surface area (Å²) in [5.74, 6) is 1.05. The van der Waals surface area contributed by atoms with Crippen LogP contribution >= 0.6 is 0 Å². The standard InChI is InChI=1S/C21H28N4O4S/c1-14(2)24-12-10-18-17(13-24)21(26)23-20(22-18)19-5-4-11-25(19)30(27,28)16-8-6-15(29-3)7-9-16/h6-9,14,19H,4-5,10-13H2,1-3H3,(H,22,23,26)/t19-/m1/s1. The van der Waals surface area contributed by atoms with Crippen LogP contribution in [0.3, 0.4) is 0 Å². The van der Waals surface area contributed by atoms with Crippen molar-refractivity contribution in [3.8, 4) is 5.75 Å². The van der Waals surface area contributed by atoms with Crippen LogP contribution in [0.1, 0.15) is 49.8 Å². The molecule has 162 valence electrons. The van der Waals surface area contributed by atoms with E-state index in [9.17, 15) is 13.2 Å². The fourth-order valence-corrected chi connectivity index (χ4v) is 5.91. The van der Waals surface area contributed by atoms with Gasteiger partial charge < -0.3 is 9.72 Å². The Balaban J connectivity index is 1.65. The van der Waals surface area contributed by atoms with Gasteiger partial charge in [-0.05, 0) is 51.0 Å². The third-order valence-corrected chi connectivity index (χ3v) is 7.95. The van der Waals surface area contributed by atoms with E-state index in [1.165, 1.54) is 4.31 Å². The van der Waals surface area contributed by atoms with Crippen LogP contribution < -0.4 is 10.3 Å². The third-order valence-electron chi connectivity index (χ3n) is 6.03. The van der Waals surface area contributed by atoms with Crippen molar-refractivity contribution < 1.29 is 13.2 Å². The van der Waals surface area contributed by atoms with Crippen molar-refractivity contribution in [2.24, 2.45) is 0 Å². The molecular formula is C21H28N4O4S. The van der Waals surface area contributed by atoms with Crippen molar-refractivity contribution in [1.29, 1.82) is 0 Å². The van der Waals surface area contributed by atoms with Gasteiger partial charge in [0.2, 0.25) is 10.0 Å². The minimum atomic E-state index is -3.71. The Kier molecular flexibility index (Phi) is 5.69. The number of methoxy groups -OCH3 is 1. The summed E-state index contributed by atoms with van der Waals surface area (Å²) in [6.07, 6.45) is 2.06. The van der Waals surface area contributed by atoms with Gasteiger partial charge in [0, 0.05) is 32.1 Å². The molecule has 1 atom stereocenters. The van der Waals surface area contributed by atoms with E-state index in [2.05, 4.69) is 23.7 Å². The Morgan fingerprint density at radius 3 is 2.60 bits per heavy atom. The number of aromatic nitrogens is 2. The number of benzene rings is 1. The lowest BCUT2D eigenvalue weighted by Gasteiger charge is -2.31. The maximum absolute atomic E-state index is 13.3. The number of nitrogens with zero attached hydrogens (tertiary/aromatic N) is 3. The molecular weight excluding hydrogens is 404 g/mol. The summed E-state index contributed by atoms with van der Waals surface area (Å²) in [5, 5.41) is 0. The fourth-order valence-electron chi connectivity index (χ4n) is 4.25. The van der Waals surface area contributed by atoms with Gasteiger partial charge >= 0.3 is 0 Å². The zero-order valence-corrected chi connectivity index (χ0v) is 18.4. The highest BCUT2D eigenvalue weighted by molar-refractivity contribution is 7.89. The van der Waals surface area contributed by atoms with E-state index in [1.807, 2.05) is 0 Å². The highest BCUT2D eigenvalue weighted by Gasteiger charge is 2.38. The molecule has 0 unspecified atom stereocenters. The minimum absolute atomic E-state index is 0.158. The van der Waals surface area contributed by atoms with Crippen LogP contribution in [-0.2, 0) is 23.0 Å². The summed E-state index contributed by atoms with van der Waals surface area (Å²) in [5.41, 5.74) is 1.33. The highest BCUT2D eigenvalue weighted by Crippen LogP contribution is 2.35. The lowest BCUT2D eigenvalue weighted by Crippen LogP contribution is -2.40. The largest absolute Gasteiger partial charge is 0.497 e. The third kappa shape index (κ3) is 3.77. The van der Waals surface area contributed by atoms with E-state index >= 15 is 0 Å². The Morgan fingerprint density at radius 2 is 1.93 bits per heavy atom. The number of hydrogen-bond acceptors (Lipinski definition) is 6. The molecule has 0 bridgehead atoms. The fraction of sp³-hybridized carbons (Fsp3) is 0.524. The molecule has 2 aliphatic rings. The van der Waals surface area contributed by atoms with Crippen molar-refractivity contribution in [3.05, 3.63) is 51.7 Å². The maximum Gasteiger partial charge on any atom is 0.255 e. The van der Waals surface area contributed by atoms with Gasteiger partial charge in [-0.15, -0.1) is 0 Å². The number of rotatable bonds is 5. The van der Waals surface area contributed by atoms with Gasteiger partial charge in [0.1, 0.15) is 11.6 Å². The second-order valence-corrected chi connectivity index (χ2v) is 10.0. The normalized spacial score (nSPS) is 20.5. The monoisotopic (exact) mass is 432 g/mol. The molecule has 0 amide bonds. The molecule has 4 rings (SSSR count). The number of H-pyrrole nitrogens is 1. The first-order valence-corrected chi connectivity index (χ1v) is 11.8. The summed E-state index contributed by atoms with van der Waals surface area (Å²) < 4.78 is 33.1. The van der Waals surface area contributed by atoms with Gasteiger partial charge in [-0.3, -0.25) is 9.69 Å².